The Bertz CT molecular complexity index is 647. The fourth-order valence-corrected chi connectivity index (χ4v) is 3.80. The van der Waals surface area contributed by atoms with Crippen LogP contribution in [0.2, 0.25) is 0 Å². The van der Waals surface area contributed by atoms with Crippen LogP contribution in [0.25, 0.3) is 0 Å². The number of rotatable bonds is 10. The summed E-state index contributed by atoms with van der Waals surface area (Å²) in [6.07, 6.45) is 0.689. The minimum Gasteiger partial charge on any atom is -0.490 e. The summed E-state index contributed by atoms with van der Waals surface area (Å²) < 4.78 is 51.3. The van der Waals surface area contributed by atoms with Crippen molar-refractivity contribution >= 4 is 34.8 Å². The average molecular weight is 448 g/mol. The summed E-state index contributed by atoms with van der Waals surface area (Å²) in [5.74, 6) is -0.506. The summed E-state index contributed by atoms with van der Waals surface area (Å²) in [6.45, 7) is 5.46. The third-order valence-electron chi connectivity index (χ3n) is 3.89. The summed E-state index contributed by atoms with van der Waals surface area (Å²) in [6, 6.07) is 3.46. The van der Waals surface area contributed by atoms with Gasteiger partial charge in [0.05, 0.1) is 6.61 Å². The fraction of sp³-hybridized carbons (Fsp3) is 0.625. The second-order valence-electron chi connectivity index (χ2n) is 5.78. The molecule has 0 bridgehead atoms. The number of sulfonamides is 1. The topological polar surface area (TPSA) is 79.9 Å². The van der Waals surface area contributed by atoms with E-state index in [2.05, 4.69) is 14.9 Å². The Morgan fingerprint density at radius 1 is 1.22 bits per heavy atom. The second-order valence-corrected chi connectivity index (χ2v) is 7.51. The Labute approximate surface area is 172 Å². The van der Waals surface area contributed by atoms with E-state index in [1.165, 1.54) is 19.2 Å². The SMILES string of the molecule is COCCOc1ccc(F)cc1S(=O)(=O)NCCCN1CCNCC1.Cl.Cl. The van der Waals surface area contributed by atoms with E-state index in [0.717, 1.165) is 38.8 Å². The standard InChI is InChI=1S/C16H26FN3O4S.2ClH/c1-23-11-12-24-15-4-3-14(17)13-16(15)25(21,22)19-5-2-8-20-9-6-18-7-10-20;;/h3-4,13,18-19H,2,5-12H2,1H3;2*1H. The van der Waals surface area contributed by atoms with Gasteiger partial charge in [-0.2, -0.15) is 0 Å². The van der Waals surface area contributed by atoms with E-state index in [0.29, 0.717) is 19.6 Å². The molecule has 2 rings (SSSR count). The molecule has 0 amide bonds. The molecule has 1 aliphatic heterocycles. The number of hydrogen-bond acceptors (Lipinski definition) is 6. The van der Waals surface area contributed by atoms with E-state index >= 15 is 0 Å². The quantitative estimate of drug-likeness (QED) is 0.525. The highest BCUT2D eigenvalue weighted by atomic mass is 35.5. The molecule has 0 spiro atoms. The third-order valence-corrected chi connectivity index (χ3v) is 5.38. The van der Waals surface area contributed by atoms with E-state index in [1.807, 2.05) is 0 Å². The maximum atomic E-state index is 13.5. The maximum absolute atomic E-state index is 13.5. The highest BCUT2D eigenvalue weighted by Gasteiger charge is 2.20. The average Bonchev–Trinajstić information content (AvgIpc) is 2.61. The number of hydrogen-bond donors (Lipinski definition) is 2. The summed E-state index contributed by atoms with van der Waals surface area (Å²) in [4.78, 5) is 2.09. The Kier molecular flexibility index (Phi) is 13.1. The first kappa shape index (κ1) is 26.3. The van der Waals surface area contributed by atoms with Crippen LogP contribution in [0.5, 0.6) is 5.75 Å². The Hall–Kier alpha value is -0.680. The lowest BCUT2D eigenvalue weighted by Gasteiger charge is -2.27. The molecule has 27 heavy (non-hydrogen) atoms. The summed E-state index contributed by atoms with van der Waals surface area (Å²) >= 11 is 0. The predicted octanol–water partition coefficient (Wildman–Crippen LogP) is 1.27. The van der Waals surface area contributed by atoms with E-state index in [4.69, 9.17) is 9.47 Å². The Morgan fingerprint density at radius 3 is 2.59 bits per heavy atom. The first-order valence-electron chi connectivity index (χ1n) is 8.37. The first-order valence-corrected chi connectivity index (χ1v) is 9.85. The first-order chi connectivity index (χ1) is 12.0. The molecular formula is C16H28Cl2FN3O4S. The van der Waals surface area contributed by atoms with Crippen LogP contribution in [-0.4, -0.2) is 72.9 Å². The van der Waals surface area contributed by atoms with Crippen molar-refractivity contribution in [2.24, 2.45) is 0 Å². The maximum Gasteiger partial charge on any atom is 0.244 e. The molecule has 11 heteroatoms. The number of benzene rings is 1. The van der Waals surface area contributed by atoms with Gasteiger partial charge in [-0.05, 0) is 31.2 Å². The molecular weight excluding hydrogens is 420 g/mol. The molecule has 1 heterocycles. The van der Waals surface area contributed by atoms with Crippen molar-refractivity contribution in [3.63, 3.8) is 0 Å². The van der Waals surface area contributed by atoms with Gasteiger partial charge in [0, 0.05) is 39.8 Å². The smallest absolute Gasteiger partial charge is 0.244 e. The van der Waals surface area contributed by atoms with Crippen molar-refractivity contribution in [3.8, 4) is 5.75 Å². The van der Waals surface area contributed by atoms with Gasteiger partial charge >= 0.3 is 0 Å². The minimum atomic E-state index is -3.84. The van der Waals surface area contributed by atoms with E-state index in [-0.39, 0.29) is 42.1 Å². The predicted molar refractivity (Wildman–Crippen MR) is 107 cm³/mol. The molecule has 0 saturated carbocycles. The van der Waals surface area contributed by atoms with Crippen LogP contribution in [0.15, 0.2) is 23.1 Å². The van der Waals surface area contributed by atoms with Crippen LogP contribution >= 0.6 is 24.8 Å². The molecule has 7 nitrogen and oxygen atoms in total. The largest absolute Gasteiger partial charge is 0.490 e. The minimum absolute atomic E-state index is 0. The number of nitrogens with zero attached hydrogens (tertiary/aromatic N) is 1. The van der Waals surface area contributed by atoms with Gasteiger partial charge in [-0.15, -0.1) is 24.8 Å². The monoisotopic (exact) mass is 447 g/mol. The molecule has 0 unspecified atom stereocenters. The second kappa shape index (κ2) is 13.5. The van der Waals surface area contributed by atoms with Crippen LogP contribution in [0.1, 0.15) is 6.42 Å². The van der Waals surface area contributed by atoms with Crippen molar-refractivity contribution in [2.45, 2.75) is 11.3 Å². The van der Waals surface area contributed by atoms with Crippen LogP contribution in [0, 0.1) is 5.82 Å². The van der Waals surface area contributed by atoms with Gasteiger partial charge in [0.2, 0.25) is 10.0 Å². The molecule has 1 fully saturated rings. The van der Waals surface area contributed by atoms with Crippen molar-refractivity contribution < 1.29 is 22.3 Å². The van der Waals surface area contributed by atoms with Gasteiger partial charge < -0.3 is 19.7 Å². The van der Waals surface area contributed by atoms with Crippen molar-refractivity contribution in [3.05, 3.63) is 24.0 Å². The zero-order chi connectivity index (χ0) is 18.1. The summed E-state index contributed by atoms with van der Waals surface area (Å²) in [5.41, 5.74) is 0. The van der Waals surface area contributed by atoms with Crippen LogP contribution in [0.4, 0.5) is 4.39 Å². The van der Waals surface area contributed by atoms with Gasteiger partial charge in [-0.1, -0.05) is 0 Å². The number of halogens is 3. The van der Waals surface area contributed by atoms with Crippen LogP contribution in [-0.2, 0) is 14.8 Å². The van der Waals surface area contributed by atoms with Crippen LogP contribution in [0.3, 0.4) is 0 Å². The molecule has 1 aromatic rings. The van der Waals surface area contributed by atoms with Crippen molar-refractivity contribution in [1.82, 2.24) is 14.9 Å². The zero-order valence-electron chi connectivity index (χ0n) is 15.3. The van der Waals surface area contributed by atoms with Gasteiger partial charge in [0.25, 0.3) is 0 Å². The van der Waals surface area contributed by atoms with Gasteiger partial charge in [-0.3, -0.25) is 0 Å². The zero-order valence-corrected chi connectivity index (χ0v) is 17.7. The van der Waals surface area contributed by atoms with Crippen molar-refractivity contribution in [1.29, 1.82) is 0 Å². The highest BCUT2D eigenvalue weighted by Crippen LogP contribution is 2.24. The molecule has 0 atom stereocenters. The fourth-order valence-electron chi connectivity index (χ4n) is 2.57. The molecule has 1 saturated heterocycles. The molecule has 0 aliphatic carbocycles. The molecule has 2 N–H and O–H groups in total. The normalized spacial score (nSPS) is 14.9. The van der Waals surface area contributed by atoms with Crippen molar-refractivity contribution in [2.75, 3.05) is 59.6 Å². The third kappa shape index (κ3) is 8.91. The highest BCUT2D eigenvalue weighted by molar-refractivity contribution is 7.89. The van der Waals surface area contributed by atoms with E-state index in [9.17, 15) is 12.8 Å². The number of nitrogens with one attached hydrogen (secondary N) is 2. The number of ether oxygens (including phenoxy) is 2. The number of methoxy groups -OCH3 is 1. The lowest BCUT2D eigenvalue weighted by Crippen LogP contribution is -2.44. The van der Waals surface area contributed by atoms with Gasteiger partial charge in [0.1, 0.15) is 23.1 Å². The van der Waals surface area contributed by atoms with Gasteiger partial charge in [0.15, 0.2) is 0 Å². The Balaban J connectivity index is 0.00000338. The molecule has 0 radical (unpaired) electrons. The summed E-state index contributed by atoms with van der Waals surface area (Å²) in [5, 5.41) is 3.27. The van der Waals surface area contributed by atoms with E-state index in [1.54, 1.807) is 0 Å². The lowest BCUT2D eigenvalue weighted by molar-refractivity contribution is 0.144. The molecule has 1 aliphatic rings. The molecule has 0 aromatic heterocycles. The molecule has 1 aromatic carbocycles. The van der Waals surface area contributed by atoms with Gasteiger partial charge in [-0.25, -0.2) is 17.5 Å². The molecule has 158 valence electrons. The van der Waals surface area contributed by atoms with Crippen LogP contribution < -0.4 is 14.8 Å². The summed E-state index contributed by atoms with van der Waals surface area (Å²) in [7, 11) is -2.32. The van der Waals surface area contributed by atoms with E-state index < -0.39 is 15.8 Å². The Morgan fingerprint density at radius 2 is 1.93 bits per heavy atom. The number of piperazine rings is 1. The lowest BCUT2D eigenvalue weighted by atomic mass is 10.3.